The average Bonchev–Trinajstić information content (AvgIpc) is 2.85. The van der Waals surface area contributed by atoms with Crippen molar-refractivity contribution in [1.82, 2.24) is 5.32 Å². The highest BCUT2D eigenvalue weighted by atomic mass is 79.9. The van der Waals surface area contributed by atoms with Crippen LogP contribution in [0.1, 0.15) is 32.1 Å². The van der Waals surface area contributed by atoms with Crippen molar-refractivity contribution in [1.29, 1.82) is 0 Å². The van der Waals surface area contributed by atoms with Crippen LogP contribution >= 0.6 is 15.9 Å². The van der Waals surface area contributed by atoms with Gasteiger partial charge in [-0.2, -0.15) is 0 Å². The topological polar surface area (TPSA) is 34.4 Å². The molecule has 0 aliphatic rings. The van der Waals surface area contributed by atoms with Crippen molar-refractivity contribution in [2.24, 2.45) is 0 Å². The van der Waals surface area contributed by atoms with E-state index in [1.807, 2.05) is 6.07 Å². The van der Waals surface area contributed by atoms with E-state index in [1.54, 1.807) is 18.4 Å². The summed E-state index contributed by atoms with van der Waals surface area (Å²) >= 11 is 3.11. The maximum Gasteiger partial charge on any atom is 0.146 e. The van der Waals surface area contributed by atoms with Crippen LogP contribution in [0.15, 0.2) is 39.4 Å². The molecule has 0 fully saturated rings. The molecule has 0 amide bonds. The van der Waals surface area contributed by atoms with E-state index in [-0.39, 0.29) is 18.0 Å². The minimum Gasteiger partial charge on any atom is -0.486 e. The number of rotatable bonds is 5. The fourth-order valence-corrected chi connectivity index (χ4v) is 1.93. The van der Waals surface area contributed by atoms with Crippen molar-refractivity contribution in [3.05, 3.63) is 52.1 Å². The number of furan rings is 1. The molecule has 0 atom stereocenters. The number of nitrogens with one attached hydrogen (secondary N) is 1. The second-order valence-electron chi connectivity index (χ2n) is 5.89. The van der Waals surface area contributed by atoms with Gasteiger partial charge in [0.15, 0.2) is 0 Å². The first-order valence-electron chi connectivity index (χ1n) is 6.73. The highest BCUT2D eigenvalue weighted by Gasteiger charge is 2.10. The van der Waals surface area contributed by atoms with Crippen molar-refractivity contribution in [3.8, 4) is 5.75 Å². The Hall–Kier alpha value is -1.33. The van der Waals surface area contributed by atoms with Gasteiger partial charge in [-0.25, -0.2) is 4.39 Å². The molecule has 0 aliphatic carbocycles. The van der Waals surface area contributed by atoms with Crippen LogP contribution in [0.25, 0.3) is 0 Å². The van der Waals surface area contributed by atoms with Crippen LogP contribution in [0.2, 0.25) is 0 Å². The number of benzene rings is 1. The van der Waals surface area contributed by atoms with Crippen LogP contribution in [0.5, 0.6) is 5.75 Å². The lowest BCUT2D eigenvalue weighted by Gasteiger charge is -2.19. The van der Waals surface area contributed by atoms with E-state index < -0.39 is 0 Å². The van der Waals surface area contributed by atoms with E-state index in [0.29, 0.717) is 16.0 Å². The number of hydrogen-bond donors (Lipinski definition) is 1. The fourth-order valence-electron chi connectivity index (χ4n) is 1.68. The maximum absolute atomic E-state index is 13.4. The van der Waals surface area contributed by atoms with Crippen LogP contribution < -0.4 is 10.1 Å². The molecule has 2 aromatic rings. The average molecular weight is 356 g/mol. The van der Waals surface area contributed by atoms with Crippen LogP contribution in [0.4, 0.5) is 4.39 Å². The SMILES string of the molecule is CC(C)(C)NCc1coc(COc2ccc(Br)c(F)c2)c1. The first-order chi connectivity index (χ1) is 9.83. The standard InChI is InChI=1S/C16H19BrFNO2/c1-16(2,3)19-8-11-6-13(20-9-11)10-21-12-4-5-14(17)15(18)7-12/h4-7,9,19H,8,10H2,1-3H3. The molecule has 1 aromatic heterocycles. The first-order valence-corrected chi connectivity index (χ1v) is 7.52. The van der Waals surface area contributed by atoms with Gasteiger partial charge in [0.05, 0.1) is 10.7 Å². The lowest BCUT2D eigenvalue weighted by molar-refractivity contribution is 0.269. The van der Waals surface area contributed by atoms with Crippen LogP contribution in [0, 0.1) is 5.82 Å². The molecule has 3 nitrogen and oxygen atoms in total. The van der Waals surface area contributed by atoms with Crippen molar-refractivity contribution in [3.63, 3.8) is 0 Å². The molecule has 0 saturated heterocycles. The molecule has 1 N–H and O–H groups in total. The highest BCUT2D eigenvalue weighted by molar-refractivity contribution is 9.10. The predicted molar refractivity (Wildman–Crippen MR) is 83.7 cm³/mol. The van der Waals surface area contributed by atoms with Gasteiger partial charge in [-0.1, -0.05) is 0 Å². The largest absolute Gasteiger partial charge is 0.486 e. The van der Waals surface area contributed by atoms with Gasteiger partial charge in [-0.15, -0.1) is 0 Å². The van der Waals surface area contributed by atoms with Crippen LogP contribution in [-0.2, 0) is 13.2 Å². The van der Waals surface area contributed by atoms with E-state index in [9.17, 15) is 4.39 Å². The Labute approximate surface area is 132 Å². The van der Waals surface area contributed by atoms with E-state index in [2.05, 4.69) is 42.0 Å². The molecule has 1 heterocycles. The summed E-state index contributed by atoms with van der Waals surface area (Å²) in [5.74, 6) is 0.840. The maximum atomic E-state index is 13.4. The molecule has 0 bridgehead atoms. The molecule has 0 radical (unpaired) electrons. The summed E-state index contributed by atoms with van der Waals surface area (Å²) < 4.78 is 24.7. The molecule has 21 heavy (non-hydrogen) atoms. The molecule has 0 unspecified atom stereocenters. The van der Waals surface area contributed by atoms with Crippen molar-refractivity contribution < 1.29 is 13.5 Å². The minimum absolute atomic E-state index is 0.0584. The smallest absolute Gasteiger partial charge is 0.146 e. The van der Waals surface area contributed by atoms with Gasteiger partial charge in [0.25, 0.3) is 0 Å². The molecule has 5 heteroatoms. The summed E-state index contributed by atoms with van der Waals surface area (Å²) in [4.78, 5) is 0. The zero-order valence-corrected chi connectivity index (χ0v) is 14.0. The normalized spacial score (nSPS) is 11.7. The Balaban J connectivity index is 1.89. The van der Waals surface area contributed by atoms with Gasteiger partial charge in [-0.05, 0) is 54.9 Å². The summed E-state index contributed by atoms with van der Waals surface area (Å²) in [7, 11) is 0. The molecule has 114 valence electrons. The van der Waals surface area contributed by atoms with E-state index in [4.69, 9.17) is 9.15 Å². The number of hydrogen-bond acceptors (Lipinski definition) is 3. The number of ether oxygens (including phenoxy) is 1. The Kier molecular flexibility index (Phi) is 5.06. The summed E-state index contributed by atoms with van der Waals surface area (Å²) in [6, 6.07) is 6.60. The lowest BCUT2D eigenvalue weighted by Crippen LogP contribution is -2.34. The molecule has 0 aliphatic heterocycles. The van der Waals surface area contributed by atoms with E-state index >= 15 is 0 Å². The van der Waals surface area contributed by atoms with Crippen LogP contribution in [0.3, 0.4) is 0 Å². The Morgan fingerprint density at radius 2 is 2.05 bits per heavy atom. The molecular weight excluding hydrogens is 337 g/mol. The molecule has 0 saturated carbocycles. The summed E-state index contributed by atoms with van der Waals surface area (Å²) in [6.07, 6.45) is 1.71. The zero-order chi connectivity index (χ0) is 15.5. The fraction of sp³-hybridized carbons (Fsp3) is 0.375. The second-order valence-corrected chi connectivity index (χ2v) is 6.74. The quantitative estimate of drug-likeness (QED) is 0.847. The van der Waals surface area contributed by atoms with Gasteiger partial charge >= 0.3 is 0 Å². The van der Waals surface area contributed by atoms with Gasteiger partial charge in [0, 0.05) is 23.7 Å². The van der Waals surface area contributed by atoms with E-state index in [0.717, 1.165) is 12.1 Å². The van der Waals surface area contributed by atoms with Gasteiger partial charge in [-0.3, -0.25) is 0 Å². The molecule has 0 spiro atoms. The third kappa shape index (κ3) is 5.17. The monoisotopic (exact) mass is 355 g/mol. The zero-order valence-electron chi connectivity index (χ0n) is 12.4. The Morgan fingerprint density at radius 1 is 1.29 bits per heavy atom. The lowest BCUT2D eigenvalue weighted by atomic mass is 10.1. The summed E-state index contributed by atoms with van der Waals surface area (Å²) in [5, 5.41) is 3.38. The summed E-state index contributed by atoms with van der Waals surface area (Å²) in [5.41, 5.74) is 1.12. The summed E-state index contributed by atoms with van der Waals surface area (Å²) in [6.45, 7) is 7.34. The Morgan fingerprint density at radius 3 is 2.71 bits per heavy atom. The van der Waals surface area contributed by atoms with Gasteiger partial charge in [0.1, 0.15) is 23.9 Å². The first kappa shape index (κ1) is 16.0. The van der Waals surface area contributed by atoms with Crippen molar-refractivity contribution in [2.45, 2.75) is 39.5 Å². The third-order valence-electron chi connectivity index (χ3n) is 2.80. The van der Waals surface area contributed by atoms with Crippen LogP contribution in [-0.4, -0.2) is 5.54 Å². The van der Waals surface area contributed by atoms with Gasteiger partial charge < -0.3 is 14.5 Å². The Bertz CT molecular complexity index is 605. The van der Waals surface area contributed by atoms with Gasteiger partial charge in [0.2, 0.25) is 0 Å². The third-order valence-corrected chi connectivity index (χ3v) is 3.45. The predicted octanol–water partition coefficient (Wildman–Crippen LogP) is 4.65. The number of halogens is 2. The highest BCUT2D eigenvalue weighted by Crippen LogP contribution is 2.22. The van der Waals surface area contributed by atoms with E-state index in [1.165, 1.54) is 6.07 Å². The second kappa shape index (κ2) is 6.62. The molecule has 1 aromatic carbocycles. The van der Waals surface area contributed by atoms with Crippen molar-refractivity contribution >= 4 is 15.9 Å². The minimum atomic E-state index is -0.345. The molecular formula is C16H19BrFNO2. The molecule has 2 rings (SSSR count). The van der Waals surface area contributed by atoms with Crippen molar-refractivity contribution in [2.75, 3.05) is 0 Å².